The number of nitrogens with two attached hydrogens (primary N) is 1. The first-order chi connectivity index (χ1) is 13.7. The Balaban J connectivity index is 1.64. The minimum absolute atomic E-state index is 0.113. The normalized spacial score (nSPS) is 16.8. The quantitative estimate of drug-likeness (QED) is 0.658. The van der Waals surface area contributed by atoms with Crippen LogP contribution in [0.15, 0.2) is 14.6 Å². The zero-order chi connectivity index (χ0) is 20.9. The summed E-state index contributed by atoms with van der Waals surface area (Å²) in [5.74, 6) is -0.698. The third-order valence-electron chi connectivity index (χ3n) is 5.43. The maximum absolute atomic E-state index is 14.8. The van der Waals surface area contributed by atoms with Gasteiger partial charge in [-0.05, 0) is 80.7 Å². The highest BCUT2D eigenvalue weighted by molar-refractivity contribution is 7.87. The van der Waals surface area contributed by atoms with E-state index in [1.165, 1.54) is 6.07 Å². The first kappa shape index (κ1) is 20.6. The Hall–Kier alpha value is -1.68. The lowest BCUT2D eigenvalue weighted by atomic mass is 9.98. The van der Waals surface area contributed by atoms with Crippen LogP contribution in [0.4, 0.5) is 19.3 Å². The van der Waals surface area contributed by atoms with E-state index in [-0.39, 0.29) is 10.0 Å². The van der Waals surface area contributed by atoms with Crippen molar-refractivity contribution in [3.8, 4) is 0 Å². The van der Waals surface area contributed by atoms with E-state index in [2.05, 4.69) is 9.68 Å². The lowest BCUT2D eigenvalue weighted by Gasteiger charge is -2.16. The van der Waals surface area contributed by atoms with Crippen LogP contribution in [0.2, 0.25) is 0 Å². The number of rotatable bonds is 3. The molecule has 2 aliphatic carbocycles. The van der Waals surface area contributed by atoms with Gasteiger partial charge >= 0.3 is 6.03 Å². The second kappa shape index (κ2) is 7.54. The third kappa shape index (κ3) is 3.76. The number of fused-ring (bicyclic) bond motifs is 2. The number of halogens is 2. The predicted molar refractivity (Wildman–Crippen MR) is 111 cm³/mol. The van der Waals surface area contributed by atoms with Crippen molar-refractivity contribution >= 4 is 33.9 Å². The molecule has 0 radical (unpaired) electrons. The van der Waals surface area contributed by atoms with E-state index in [1.54, 1.807) is 13.8 Å². The molecule has 2 aromatic rings. The summed E-state index contributed by atoms with van der Waals surface area (Å²) in [5, 5.41) is 18.9. The number of nitrogens with one attached hydrogen (secondary N) is 1. The van der Waals surface area contributed by atoms with Gasteiger partial charge in [-0.1, -0.05) is 0 Å². The molecule has 5 nitrogen and oxygen atoms in total. The van der Waals surface area contributed by atoms with Gasteiger partial charge in [0.2, 0.25) is 0 Å². The fourth-order valence-electron chi connectivity index (χ4n) is 4.10. The Morgan fingerprint density at radius 3 is 2.24 bits per heavy atom. The first-order valence-corrected chi connectivity index (χ1v) is 11.6. The van der Waals surface area contributed by atoms with Gasteiger partial charge in [-0.3, -0.25) is 5.14 Å². The van der Waals surface area contributed by atoms with Gasteiger partial charge in [-0.25, -0.2) is 13.6 Å². The number of hydrogen-bond donors (Lipinski definition) is 3. The average molecular weight is 440 g/mol. The molecule has 0 spiro atoms. The number of urea groups is 1. The summed E-state index contributed by atoms with van der Waals surface area (Å²) in [5.41, 5.74) is 2.58. The van der Waals surface area contributed by atoms with Crippen molar-refractivity contribution < 1.29 is 18.7 Å². The molecule has 1 heterocycles. The second-order valence-corrected chi connectivity index (χ2v) is 10.5. The Labute approximate surface area is 174 Å². The van der Waals surface area contributed by atoms with Crippen LogP contribution in [-0.2, 0) is 42.2 Å². The lowest BCUT2D eigenvalue weighted by Crippen LogP contribution is -2.15. The SMILES string of the molecule is CC(C)(O)c1cc(F)c(S(N)=NC(=O)Nc2c3c(c(F)c4c2CCC4)CCC3)s1. The molecule has 1 unspecified atom stereocenters. The van der Waals surface area contributed by atoms with Crippen molar-refractivity contribution in [1.82, 2.24) is 0 Å². The number of thiophene rings is 1. The number of anilines is 1. The van der Waals surface area contributed by atoms with Crippen LogP contribution < -0.4 is 10.5 Å². The van der Waals surface area contributed by atoms with Crippen molar-refractivity contribution in [2.45, 2.75) is 62.2 Å². The zero-order valence-corrected chi connectivity index (χ0v) is 17.9. The highest BCUT2D eigenvalue weighted by Crippen LogP contribution is 2.41. The number of amides is 2. The first-order valence-electron chi connectivity index (χ1n) is 9.55. The number of nitrogens with zero attached hydrogens (tertiary/aromatic N) is 1. The van der Waals surface area contributed by atoms with Gasteiger partial charge in [0.1, 0.15) is 15.8 Å². The van der Waals surface area contributed by atoms with Crippen molar-refractivity contribution in [2.24, 2.45) is 9.50 Å². The molecule has 156 valence electrons. The number of hydrogen-bond acceptors (Lipinski definition) is 3. The Morgan fingerprint density at radius 1 is 1.17 bits per heavy atom. The number of carbonyl (C=O) groups is 1. The monoisotopic (exact) mass is 439 g/mol. The summed E-state index contributed by atoms with van der Waals surface area (Å²) in [7, 11) is -1.49. The maximum Gasteiger partial charge on any atom is 0.352 e. The van der Waals surface area contributed by atoms with Crippen LogP contribution in [0.1, 0.15) is 53.8 Å². The van der Waals surface area contributed by atoms with Gasteiger partial charge < -0.3 is 10.4 Å². The maximum atomic E-state index is 14.8. The van der Waals surface area contributed by atoms with Crippen LogP contribution in [0.25, 0.3) is 0 Å². The van der Waals surface area contributed by atoms with Gasteiger partial charge in [0.15, 0.2) is 0 Å². The summed E-state index contributed by atoms with van der Waals surface area (Å²) in [6, 6.07) is 0.559. The number of carbonyl (C=O) groups excluding carboxylic acids is 1. The summed E-state index contributed by atoms with van der Waals surface area (Å²) >= 11 is 1.00. The molecule has 1 aromatic heterocycles. The van der Waals surface area contributed by atoms with E-state index in [9.17, 15) is 18.7 Å². The number of aliphatic hydroxyl groups is 1. The van der Waals surface area contributed by atoms with Crippen molar-refractivity contribution in [2.75, 3.05) is 5.32 Å². The fraction of sp³-hybridized carbons (Fsp3) is 0.450. The highest BCUT2D eigenvalue weighted by atomic mass is 32.2. The molecule has 9 heteroatoms. The smallest absolute Gasteiger partial charge is 0.352 e. The van der Waals surface area contributed by atoms with Crippen molar-refractivity contribution in [3.05, 3.63) is 44.8 Å². The fourth-order valence-corrected chi connectivity index (χ4v) is 6.15. The third-order valence-corrected chi connectivity index (χ3v) is 8.35. The van der Waals surface area contributed by atoms with E-state index < -0.39 is 28.3 Å². The minimum Gasteiger partial charge on any atom is -0.385 e. The van der Waals surface area contributed by atoms with Crippen LogP contribution in [-0.4, -0.2) is 11.1 Å². The highest BCUT2D eigenvalue weighted by Gasteiger charge is 2.30. The predicted octanol–water partition coefficient (Wildman–Crippen LogP) is 4.50. The van der Waals surface area contributed by atoms with E-state index in [0.29, 0.717) is 34.5 Å². The molecule has 0 aliphatic heterocycles. The standard InChI is InChI=1S/C20H23F2N3O2S2/c1-20(2,27)15-9-14(21)18(28-15)29(23)25-19(26)24-17-12-7-3-5-10(12)16(22)11-6-4-8-13(11)17/h9,27H,3-8H2,1-2H3,(H3,23,24,25,26). The Kier molecular flexibility index (Phi) is 5.35. The molecule has 1 atom stereocenters. The molecule has 29 heavy (non-hydrogen) atoms. The van der Waals surface area contributed by atoms with Gasteiger partial charge in [-0.2, -0.15) is 4.36 Å². The molecule has 0 saturated carbocycles. The number of benzene rings is 1. The van der Waals surface area contributed by atoms with E-state index in [0.717, 1.165) is 48.1 Å². The van der Waals surface area contributed by atoms with Gasteiger partial charge in [0.05, 0.1) is 5.60 Å². The van der Waals surface area contributed by atoms with Gasteiger partial charge in [-0.15, -0.1) is 11.3 Å². The van der Waals surface area contributed by atoms with Crippen LogP contribution in [0.5, 0.6) is 0 Å². The van der Waals surface area contributed by atoms with Crippen LogP contribution in [0, 0.1) is 11.6 Å². The Bertz CT molecular complexity index is 1010. The molecule has 0 bridgehead atoms. The van der Waals surface area contributed by atoms with Crippen LogP contribution in [0.3, 0.4) is 0 Å². The van der Waals surface area contributed by atoms with Crippen LogP contribution >= 0.6 is 11.3 Å². The summed E-state index contributed by atoms with van der Waals surface area (Å²) in [6.45, 7) is 3.10. The largest absolute Gasteiger partial charge is 0.385 e. The topological polar surface area (TPSA) is 87.7 Å². The van der Waals surface area contributed by atoms with Gasteiger partial charge in [0, 0.05) is 21.4 Å². The van der Waals surface area contributed by atoms with E-state index in [1.807, 2.05) is 0 Å². The molecular weight excluding hydrogens is 416 g/mol. The molecule has 4 N–H and O–H groups in total. The molecule has 0 fully saturated rings. The molecule has 0 saturated heterocycles. The summed E-state index contributed by atoms with van der Waals surface area (Å²) in [4.78, 5) is 13.0. The lowest BCUT2D eigenvalue weighted by molar-refractivity contribution is 0.0823. The van der Waals surface area contributed by atoms with Crippen molar-refractivity contribution in [1.29, 1.82) is 0 Å². The van der Waals surface area contributed by atoms with E-state index >= 15 is 0 Å². The minimum atomic E-state index is -1.49. The summed E-state index contributed by atoms with van der Waals surface area (Å²) in [6.07, 6.45) is 4.51. The van der Waals surface area contributed by atoms with E-state index in [4.69, 9.17) is 5.14 Å². The molecule has 1 aromatic carbocycles. The Morgan fingerprint density at radius 2 is 1.72 bits per heavy atom. The van der Waals surface area contributed by atoms with Gasteiger partial charge in [0.25, 0.3) is 0 Å². The molecule has 2 amide bonds. The second-order valence-electron chi connectivity index (χ2n) is 7.95. The molecule has 2 aliphatic rings. The zero-order valence-electron chi connectivity index (χ0n) is 16.3. The average Bonchev–Trinajstić information content (AvgIpc) is 3.36. The summed E-state index contributed by atoms with van der Waals surface area (Å²) < 4.78 is 33.1. The van der Waals surface area contributed by atoms with Crippen molar-refractivity contribution in [3.63, 3.8) is 0 Å². The molecular formula is C20H23F2N3O2S2. The molecule has 4 rings (SSSR count).